The number of methoxy groups -OCH3 is 2. The van der Waals surface area contributed by atoms with Gasteiger partial charge in [0.15, 0.2) is 11.5 Å². The molecular formula is C28H35N3O7. The number of rotatable bonds is 12. The molecule has 204 valence electrons. The van der Waals surface area contributed by atoms with E-state index in [1.54, 1.807) is 25.3 Å². The molecule has 4 rings (SSSR count). The zero-order chi connectivity index (χ0) is 27.2. The number of aliphatic carboxylic acids is 1. The highest BCUT2D eigenvalue weighted by molar-refractivity contribution is 6.24. The van der Waals surface area contributed by atoms with Gasteiger partial charge in [-0.05, 0) is 49.2 Å². The van der Waals surface area contributed by atoms with Crippen LogP contribution < -0.4 is 14.4 Å². The van der Waals surface area contributed by atoms with Gasteiger partial charge in [-0.3, -0.25) is 14.5 Å². The second kappa shape index (κ2) is 12.3. The van der Waals surface area contributed by atoms with Gasteiger partial charge in [-0.15, -0.1) is 0 Å². The molecule has 1 atom stereocenters. The zero-order valence-electron chi connectivity index (χ0n) is 22.1. The number of carbonyl (C=O) groups is 3. The number of fused-ring (bicyclic) bond motifs is 1. The molecule has 38 heavy (non-hydrogen) atoms. The predicted molar refractivity (Wildman–Crippen MR) is 141 cm³/mol. The molecule has 2 aliphatic heterocycles. The Morgan fingerprint density at radius 1 is 1.00 bits per heavy atom. The summed E-state index contributed by atoms with van der Waals surface area (Å²) >= 11 is 0. The van der Waals surface area contributed by atoms with E-state index < -0.39 is 18.6 Å². The molecule has 2 aliphatic rings. The monoisotopic (exact) mass is 525 g/mol. The first-order valence-electron chi connectivity index (χ1n) is 12.9. The van der Waals surface area contributed by atoms with Crippen molar-refractivity contribution in [3.8, 4) is 11.5 Å². The van der Waals surface area contributed by atoms with Crippen molar-refractivity contribution in [2.24, 2.45) is 0 Å². The van der Waals surface area contributed by atoms with E-state index in [4.69, 9.17) is 19.3 Å². The Balaban J connectivity index is 1.65. The van der Waals surface area contributed by atoms with Gasteiger partial charge in [0.1, 0.15) is 6.61 Å². The summed E-state index contributed by atoms with van der Waals surface area (Å²) in [6.07, 6.45) is 0.844. The van der Waals surface area contributed by atoms with Crippen LogP contribution in [0.25, 0.3) is 0 Å². The van der Waals surface area contributed by atoms with Crippen LogP contribution in [0.1, 0.15) is 52.1 Å². The highest BCUT2D eigenvalue weighted by Crippen LogP contribution is 2.40. The van der Waals surface area contributed by atoms with Crippen molar-refractivity contribution in [2.75, 3.05) is 65.1 Å². The number of hydrogen-bond acceptors (Lipinski definition) is 8. The minimum Gasteiger partial charge on any atom is -0.493 e. The van der Waals surface area contributed by atoms with Gasteiger partial charge in [0.2, 0.25) is 0 Å². The number of benzene rings is 2. The van der Waals surface area contributed by atoms with Crippen LogP contribution in [-0.2, 0) is 9.53 Å². The summed E-state index contributed by atoms with van der Waals surface area (Å²) in [7, 11) is 3.07. The van der Waals surface area contributed by atoms with E-state index in [9.17, 15) is 14.4 Å². The van der Waals surface area contributed by atoms with Crippen molar-refractivity contribution in [2.45, 2.75) is 25.8 Å². The van der Waals surface area contributed by atoms with Crippen molar-refractivity contribution in [1.29, 1.82) is 0 Å². The van der Waals surface area contributed by atoms with E-state index in [2.05, 4.69) is 16.7 Å². The molecule has 0 radical (unpaired) electrons. The molecule has 0 saturated carbocycles. The Morgan fingerprint density at radius 3 is 2.39 bits per heavy atom. The number of likely N-dealkylation sites (N-methyl/N-ethyl adjacent to an activating group) is 1. The maximum Gasteiger partial charge on any atom is 0.329 e. The van der Waals surface area contributed by atoms with Crippen LogP contribution in [0.2, 0.25) is 0 Å². The normalized spacial score (nSPS) is 16.5. The summed E-state index contributed by atoms with van der Waals surface area (Å²) in [6.45, 7) is 6.27. The fourth-order valence-corrected chi connectivity index (χ4v) is 5.18. The lowest BCUT2D eigenvalue weighted by atomic mass is 9.99. The van der Waals surface area contributed by atoms with Crippen LogP contribution in [0, 0.1) is 0 Å². The summed E-state index contributed by atoms with van der Waals surface area (Å²) in [5.41, 5.74) is 2.34. The lowest BCUT2D eigenvalue weighted by Crippen LogP contribution is -2.46. The number of nitrogens with zero attached hydrogens (tertiary/aromatic N) is 3. The molecule has 1 fully saturated rings. The molecule has 1 unspecified atom stereocenters. The van der Waals surface area contributed by atoms with E-state index in [1.807, 2.05) is 18.2 Å². The molecule has 2 heterocycles. The van der Waals surface area contributed by atoms with Crippen LogP contribution in [-0.4, -0.2) is 92.8 Å². The first-order valence-corrected chi connectivity index (χ1v) is 12.9. The number of anilines is 1. The van der Waals surface area contributed by atoms with Crippen molar-refractivity contribution in [3.05, 3.63) is 53.1 Å². The van der Waals surface area contributed by atoms with Gasteiger partial charge < -0.3 is 29.1 Å². The third kappa shape index (κ3) is 5.61. The Kier molecular flexibility index (Phi) is 8.85. The molecule has 0 spiro atoms. The summed E-state index contributed by atoms with van der Waals surface area (Å²) in [4.78, 5) is 44.4. The standard InChI is InChI=1S/C28H35N3O7/c1-4-29-12-14-30(15-13-29)22-8-5-7-20-26(22)28(35)31(27(20)34)21(9-6-16-38-18-25(32)33)19-10-11-23(36-2)24(17-19)37-3/h5,7-8,10-11,17,21H,4,6,9,12-16,18H2,1-3H3,(H,32,33). The number of ether oxygens (including phenoxy) is 3. The average Bonchev–Trinajstić information content (AvgIpc) is 3.19. The SMILES string of the molecule is CCN1CCN(c2cccc3c2C(=O)N(C(CCCOCC(=O)O)c2ccc(OC)c(OC)c2)C3=O)CC1. The van der Waals surface area contributed by atoms with Crippen LogP contribution in [0.5, 0.6) is 11.5 Å². The largest absolute Gasteiger partial charge is 0.493 e. The quantitative estimate of drug-likeness (QED) is 0.330. The third-order valence-electron chi connectivity index (χ3n) is 7.18. The van der Waals surface area contributed by atoms with Crippen molar-refractivity contribution < 1.29 is 33.7 Å². The fourth-order valence-electron chi connectivity index (χ4n) is 5.18. The molecule has 0 aromatic heterocycles. The Morgan fingerprint density at radius 2 is 1.74 bits per heavy atom. The second-order valence-corrected chi connectivity index (χ2v) is 9.32. The van der Waals surface area contributed by atoms with Gasteiger partial charge in [0.05, 0.1) is 37.1 Å². The molecule has 2 aromatic carbocycles. The van der Waals surface area contributed by atoms with Crippen LogP contribution >= 0.6 is 0 Å². The Labute approximate surface area is 222 Å². The lowest BCUT2D eigenvalue weighted by Gasteiger charge is -2.36. The van der Waals surface area contributed by atoms with Gasteiger partial charge in [0.25, 0.3) is 11.8 Å². The number of piperazine rings is 1. The average molecular weight is 526 g/mol. The second-order valence-electron chi connectivity index (χ2n) is 9.32. The van der Waals surface area contributed by atoms with E-state index >= 15 is 0 Å². The lowest BCUT2D eigenvalue weighted by molar-refractivity contribution is -0.142. The third-order valence-corrected chi connectivity index (χ3v) is 7.18. The molecule has 10 heteroatoms. The maximum absolute atomic E-state index is 14.0. The first kappa shape index (κ1) is 27.4. The maximum atomic E-state index is 14.0. The first-order chi connectivity index (χ1) is 18.4. The van der Waals surface area contributed by atoms with Crippen LogP contribution in [0.15, 0.2) is 36.4 Å². The van der Waals surface area contributed by atoms with Crippen molar-refractivity contribution >= 4 is 23.5 Å². The highest BCUT2D eigenvalue weighted by atomic mass is 16.5. The summed E-state index contributed by atoms with van der Waals surface area (Å²) < 4.78 is 16.1. The summed E-state index contributed by atoms with van der Waals surface area (Å²) in [5, 5.41) is 8.86. The smallest absolute Gasteiger partial charge is 0.329 e. The van der Waals surface area contributed by atoms with E-state index in [0.717, 1.165) is 38.4 Å². The molecule has 1 N–H and O–H groups in total. The highest BCUT2D eigenvalue weighted by Gasteiger charge is 2.43. The number of carboxylic acid groups (broad SMARTS) is 1. The van der Waals surface area contributed by atoms with Gasteiger partial charge in [-0.2, -0.15) is 0 Å². The number of amides is 2. The predicted octanol–water partition coefficient (Wildman–Crippen LogP) is 3.06. The Hall–Kier alpha value is -3.63. The van der Waals surface area contributed by atoms with Crippen LogP contribution in [0.4, 0.5) is 5.69 Å². The molecule has 2 amide bonds. The van der Waals surface area contributed by atoms with Gasteiger partial charge >= 0.3 is 5.97 Å². The fraction of sp³-hybridized carbons (Fsp3) is 0.464. The molecule has 0 bridgehead atoms. The molecular weight excluding hydrogens is 490 g/mol. The number of imide groups is 1. The van der Waals surface area contributed by atoms with E-state index in [1.165, 1.54) is 12.0 Å². The Bertz CT molecular complexity index is 1180. The minimum absolute atomic E-state index is 0.187. The topological polar surface area (TPSA) is 109 Å². The molecule has 10 nitrogen and oxygen atoms in total. The van der Waals surface area contributed by atoms with Crippen LogP contribution in [0.3, 0.4) is 0 Å². The van der Waals surface area contributed by atoms with Crippen molar-refractivity contribution in [1.82, 2.24) is 9.80 Å². The zero-order valence-corrected chi connectivity index (χ0v) is 22.1. The van der Waals surface area contributed by atoms with E-state index in [-0.39, 0.29) is 18.4 Å². The molecule has 1 saturated heterocycles. The number of carboxylic acids is 1. The number of hydrogen-bond donors (Lipinski definition) is 1. The molecule has 2 aromatic rings. The number of carbonyl (C=O) groups excluding carboxylic acids is 2. The van der Waals surface area contributed by atoms with E-state index in [0.29, 0.717) is 41.0 Å². The minimum atomic E-state index is -1.05. The van der Waals surface area contributed by atoms with Gasteiger partial charge in [-0.25, -0.2) is 4.79 Å². The summed E-state index contributed by atoms with van der Waals surface area (Å²) in [5.74, 6) is -0.692. The van der Waals surface area contributed by atoms with Gasteiger partial charge in [-0.1, -0.05) is 19.1 Å². The molecule has 0 aliphatic carbocycles. The summed E-state index contributed by atoms with van der Waals surface area (Å²) in [6, 6.07) is 10.2. The van der Waals surface area contributed by atoms with Crippen molar-refractivity contribution in [3.63, 3.8) is 0 Å². The van der Waals surface area contributed by atoms with Gasteiger partial charge in [0, 0.05) is 32.8 Å².